The van der Waals surface area contributed by atoms with Gasteiger partial charge in [0.05, 0.1) is 5.56 Å². The Kier molecular flexibility index (Phi) is 8.03. The minimum atomic E-state index is -4.13. The number of hydrogen-bond acceptors (Lipinski definition) is 5. The fourth-order valence-corrected chi connectivity index (χ4v) is 3.43. The number of benzene rings is 2. The number of halogens is 7. The number of nitrogens with zero attached hydrogens (tertiary/aromatic N) is 3. The lowest BCUT2D eigenvalue weighted by Gasteiger charge is -2.20. The second-order valence-electron chi connectivity index (χ2n) is 8.41. The van der Waals surface area contributed by atoms with E-state index in [2.05, 4.69) is 31.3 Å². The van der Waals surface area contributed by atoms with E-state index in [4.69, 9.17) is 0 Å². The average molecular weight is 551 g/mol. The van der Waals surface area contributed by atoms with Gasteiger partial charge < -0.3 is 9.47 Å². The molecule has 0 aliphatic rings. The highest BCUT2D eigenvalue weighted by Gasteiger charge is 2.38. The molecule has 2 aromatic heterocycles. The molecule has 0 aliphatic carbocycles. The molecule has 0 saturated heterocycles. The Hall–Kier alpha value is -4.22. The Bertz CT molecular complexity index is 1390. The Morgan fingerprint density at radius 1 is 0.718 bits per heavy atom. The first-order valence-corrected chi connectivity index (χ1v) is 11.6. The van der Waals surface area contributed by atoms with Gasteiger partial charge in [-0.3, -0.25) is 4.98 Å². The molecule has 0 radical (unpaired) electrons. The predicted molar refractivity (Wildman–Crippen MR) is 126 cm³/mol. The van der Waals surface area contributed by atoms with Gasteiger partial charge in [0.25, 0.3) is 0 Å². The standard InChI is InChI=1S/C27H20F7N3O2/c1-2-3-4-16-13-36-25(37-14-16)17-5-10-23(35-15-17)27(33,34)38-19-8-6-18(7-9-19)26(31,32)39-20-11-21(28)24(30)22(29)12-20/h5-15H,2-4H2,1H3. The summed E-state index contributed by atoms with van der Waals surface area (Å²) < 4.78 is 107. The van der Waals surface area contributed by atoms with Gasteiger partial charge in [0.1, 0.15) is 11.5 Å². The van der Waals surface area contributed by atoms with Crippen LogP contribution in [0.5, 0.6) is 11.5 Å². The molecule has 0 bridgehead atoms. The summed E-state index contributed by atoms with van der Waals surface area (Å²) in [6, 6.07) is 5.97. The Morgan fingerprint density at radius 3 is 1.90 bits per heavy atom. The van der Waals surface area contributed by atoms with Crippen molar-refractivity contribution in [2.45, 2.75) is 38.4 Å². The van der Waals surface area contributed by atoms with E-state index >= 15 is 0 Å². The Labute approximate surface area is 218 Å². The molecule has 0 aliphatic heterocycles. The Morgan fingerprint density at radius 2 is 1.33 bits per heavy atom. The summed E-state index contributed by atoms with van der Waals surface area (Å²) in [5.41, 5.74) is -0.224. The van der Waals surface area contributed by atoms with Gasteiger partial charge in [0.15, 0.2) is 29.0 Å². The van der Waals surface area contributed by atoms with Crippen LogP contribution in [0, 0.1) is 17.5 Å². The van der Waals surface area contributed by atoms with Crippen LogP contribution in [0.25, 0.3) is 11.4 Å². The molecular formula is C27H20F7N3O2. The van der Waals surface area contributed by atoms with Crippen molar-refractivity contribution in [3.8, 4) is 22.9 Å². The van der Waals surface area contributed by atoms with E-state index in [0.29, 0.717) is 11.4 Å². The van der Waals surface area contributed by atoms with Crippen LogP contribution in [0.1, 0.15) is 36.6 Å². The molecule has 204 valence electrons. The molecule has 0 saturated carbocycles. The van der Waals surface area contributed by atoms with Gasteiger partial charge in [0.2, 0.25) is 0 Å². The van der Waals surface area contributed by atoms with Crippen molar-refractivity contribution in [2.24, 2.45) is 0 Å². The quantitative estimate of drug-likeness (QED) is 0.150. The molecule has 0 N–H and O–H groups in total. The summed E-state index contributed by atoms with van der Waals surface area (Å²) in [5.74, 6) is -6.43. The zero-order valence-electron chi connectivity index (χ0n) is 20.3. The second-order valence-corrected chi connectivity index (χ2v) is 8.41. The number of alkyl halides is 4. The maximum absolute atomic E-state index is 14.7. The van der Waals surface area contributed by atoms with E-state index < -0.39 is 52.4 Å². The number of rotatable bonds is 10. The number of unbranched alkanes of at least 4 members (excludes halogenated alkanes) is 1. The Balaban J connectivity index is 1.43. The molecule has 0 fully saturated rings. The van der Waals surface area contributed by atoms with Crippen molar-refractivity contribution in [1.29, 1.82) is 0 Å². The van der Waals surface area contributed by atoms with Crippen LogP contribution >= 0.6 is 0 Å². The molecule has 4 aromatic rings. The number of ether oxygens (including phenoxy) is 2. The molecule has 2 heterocycles. The summed E-state index contributed by atoms with van der Waals surface area (Å²) in [4.78, 5) is 12.2. The molecule has 0 atom stereocenters. The summed E-state index contributed by atoms with van der Waals surface area (Å²) in [7, 11) is 0. The minimum absolute atomic E-state index is 0.247. The number of aromatic nitrogens is 3. The first-order valence-electron chi connectivity index (χ1n) is 11.6. The van der Waals surface area contributed by atoms with Crippen molar-refractivity contribution < 1.29 is 40.2 Å². The minimum Gasteiger partial charge on any atom is -0.429 e. The van der Waals surface area contributed by atoms with Crippen molar-refractivity contribution >= 4 is 0 Å². The summed E-state index contributed by atoms with van der Waals surface area (Å²) in [6.45, 7) is 2.07. The van der Waals surface area contributed by atoms with Crippen LogP contribution in [0.4, 0.5) is 30.7 Å². The van der Waals surface area contributed by atoms with Gasteiger partial charge in [0, 0.05) is 36.3 Å². The molecule has 4 rings (SSSR count). The maximum Gasteiger partial charge on any atom is 0.444 e. The number of pyridine rings is 1. The SMILES string of the molecule is CCCCc1cnc(-c2ccc(C(F)(F)Oc3ccc(C(F)(F)Oc4cc(F)c(F)c(F)c4)cc3)nc2)nc1. The largest absolute Gasteiger partial charge is 0.444 e. The lowest BCUT2D eigenvalue weighted by atomic mass is 10.1. The van der Waals surface area contributed by atoms with E-state index in [1.165, 1.54) is 6.07 Å². The molecule has 0 amide bonds. The van der Waals surface area contributed by atoms with E-state index in [9.17, 15) is 30.7 Å². The monoisotopic (exact) mass is 551 g/mol. The van der Waals surface area contributed by atoms with Crippen LogP contribution in [-0.2, 0) is 18.6 Å². The number of aryl methyl sites for hydroxylation is 1. The normalized spacial score (nSPS) is 11.9. The van der Waals surface area contributed by atoms with Gasteiger partial charge >= 0.3 is 12.2 Å². The van der Waals surface area contributed by atoms with Crippen molar-refractivity contribution in [3.05, 3.63) is 101 Å². The van der Waals surface area contributed by atoms with Gasteiger partial charge in [-0.2, -0.15) is 17.6 Å². The van der Waals surface area contributed by atoms with Gasteiger partial charge in [-0.05, 0) is 54.8 Å². The first kappa shape index (κ1) is 27.8. The molecule has 39 heavy (non-hydrogen) atoms. The van der Waals surface area contributed by atoms with Gasteiger partial charge in [-0.15, -0.1) is 0 Å². The van der Waals surface area contributed by atoms with E-state index in [0.717, 1.165) is 61.4 Å². The molecule has 0 unspecified atom stereocenters. The van der Waals surface area contributed by atoms with E-state index in [1.54, 1.807) is 12.4 Å². The fraction of sp³-hybridized carbons (Fsp3) is 0.222. The van der Waals surface area contributed by atoms with Crippen LogP contribution in [0.2, 0.25) is 0 Å². The predicted octanol–water partition coefficient (Wildman–Crippen LogP) is 7.56. The average Bonchev–Trinajstić information content (AvgIpc) is 2.91. The summed E-state index contributed by atoms with van der Waals surface area (Å²) in [5, 5.41) is 0. The molecule has 0 spiro atoms. The smallest absolute Gasteiger partial charge is 0.429 e. The third-order valence-corrected chi connectivity index (χ3v) is 5.48. The lowest BCUT2D eigenvalue weighted by molar-refractivity contribution is -0.189. The molecule has 2 aromatic carbocycles. The third-order valence-electron chi connectivity index (χ3n) is 5.48. The highest BCUT2D eigenvalue weighted by molar-refractivity contribution is 5.53. The van der Waals surface area contributed by atoms with Crippen LogP contribution in [-0.4, -0.2) is 15.0 Å². The van der Waals surface area contributed by atoms with Crippen molar-refractivity contribution in [3.63, 3.8) is 0 Å². The first-order chi connectivity index (χ1) is 18.5. The van der Waals surface area contributed by atoms with Crippen LogP contribution < -0.4 is 9.47 Å². The summed E-state index contributed by atoms with van der Waals surface area (Å²) >= 11 is 0. The van der Waals surface area contributed by atoms with Crippen molar-refractivity contribution in [1.82, 2.24) is 15.0 Å². The summed E-state index contributed by atoms with van der Waals surface area (Å²) in [6.07, 6.45) is -0.718. The van der Waals surface area contributed by atoms with Gasteiger partial charge in [-0.1, -0.05) is 13.3 Å². The zero-order chi connectivity index (χ0) is 28.2. The van der Waals surface area contributed by atoms with Crippen LogP contribution in [0.3, 0.4) is 0 Å². The van der Waals surface area contributed by atoms with Crippen molar-refractivity contribution in [2.75, 3.05) is 0 Å². The van der Waals surface area contributed by atoms with Crippen LogP contribution in [0.15, 0.2) is 67.1 Å². The second kappa shape index (κ2) is 11.3. The fourth-order valence-electron chi connectivity index (χ4n) is 3.43. The third kappa shape index (κ3) is 6.62. The lowest BCUT2D eigenvalue weighted by Crippen LogP contribution is -2.24. The number of hydrogen-bond donors (Lipinski definition) is 0. The zero-order valence-corrected chi connectivity index (χ0v) is 20.3. The molecular weight excluding hydrogens is 531 g/mol. The molecule has 12 heteroatoms. The van der Waals surface area contributed by atoms with E-state index in [-0.39, 0.29) is 12.1 Å². The van der Waals surface area contributed by atoms with Gasteiger partial charge in [-0.25, -0.2) is 23.1 Å². The highest BCUT2D eigenvalue weighted by atomic mass is 19.3. The maximum atomic E-state index is 14.7. The highest BCUT2D eigenvalue weighted by Crippen LogP contribution is 2.35. The topological polar surface area (TPSA) is 57.1 Å². The van der Waals surface area contributed by atoms with E-state index in [1.807, 2.05) is 0 Å². The molecule has 5 nitrogen and oxygen atoms in total.